The molecule has 0 spiro atoms. The van der Waals surface area contributed by atoms with E-state index in [1.807, 2.05) is 30.3 Å². The van der Waals surface area contributed by atoms with Gasteiger partial charge in [-0.15, -0.1) is 0 Å². The Morgan fingerprint density at radius 2 is 1.52 bits per heavy atom. The van der Waals surface area contributed by atoms with Crippen molar-refractivity contribution in [2.75, 3.05) is 0 Å². The Labute approximate surface area is 122 Å². The van der Waals surface area contributed by atoms with Crippen molar-refractivity contribution in [2.45, 2.75) is 12.8 Å². The van der Waals surface area contributed by atoms with Gasteiger partial charge >= 0.3 is 0 Å². The summed E-state index contributed by atoms with van der Waals surface area (Å²) in [4.78, 5) is 0. The van der Waals surface area contributed by atoms with Gasteiger partial charge in [-0.3, -0.25) is 0 Å². The van der Waals surface area contributed by atoms with Crippen molar-refractivity contribution in [3.8, 4) is 0 Å². The molecule has 0 unspecified atom stereocenters. The van der Waals surface area contributed by atoms with Crippen LogP contribution in [0.25, 0.3) is 11.3 Å². The second-order valence-corrected chi connectivity index (χ2v) is 5.04. The van der Waals surface area contributed by atoms with Gasteiger partial charge in [0.15, 0.2) is 0 Å². The molecule has 0 aromatic heterocycles. The summed E-state index contributed by atoms with van der Waals surface area (Å²) in [5.41, 5.74) is 3.11. The van der Waals surface area contributed by atoms with E-state index in [9.17, 15) is 8.78 Å². The molecule has 21 heavy (non-hydrogen) atoms. The summed E-state index contributed by atoms with van der Waals surface area (Å²) < 4.78 is 28.2. The maximum atomic E-state index is 14.1. The van der Waals surface area contributed by atoms with Crippen LogP contribution in [0.1, 0.15) is 24.0 Å². The first-order valence-electron chi connectivity index (χ1n) is 6.84. The van der Waals surface area contributed by atoms with Crippen LogP contribution in [0.15, 0.2) is 60.8 Å². The second-order valence-electron chi connectivity index (χ2n) is 5.04. The molecule has 2 aromatic carbocycles. The number of allylic oxidation sites excluding steroid dienone is 2. The predicted molar refractivity (Wildman–Crippen MR) is 81.1 cm³/mol. The van der Waals surface area contributed by atoms with Gasteiger partial charge < -0.3 is 5.32 Å². The highest BCUT2D eigenvalue weighted by molar-refractivity contribution is 5.91. The molecule has 106 valence electrons. The standard InChI is InChI=1S/C18H15F2N/c1-12-10-11-14(13-6-3-2-4-7-13)18(21-12)17-15(19)8-5-9-16(17)20/h2-9,21H,1,10-11H2. The van der Waals surface area contributed by atoms with Crippen molar-refractivity contribution in [1.82, 2.24) is 5.32 Å². The molecule has 0 amide bonds. The van der Waals surface area contributed by atoms with Crippen LogP contribution in [0, 0.1) is 11.6 Å². The molecule has 1 aliphatic rings. The fourth-order valence-corrected chi connectivity index (χ4v) is 2.59. The third-order valence-electron chi connectivity index (χ3n) is 3.62. The molecule has 2 aromatic rings. The number of halogens is 2. The Kier molecular flexibility index (Phi) is 3.57. The number of benzene rings is 2. The van der Waals surface area contributed by atoms with Gasteiger partial charge in [0.2, 0.25) is 0 Å². The van der Waals surface area contributed by atoms with Crippen LogP contribution in [-0.4, -0.2) is 0 Å². The van der Waals surface area contributed by atoms with Crippen molar-refractivity contribution in [1.29, 1.82) is 0 Å². The van der Waals surface area contributed by atoms with Gasteiger partial charge in [-0.05, 0) is 36.1 Å². The maximum Gasteiger partial charge on any atom is 0.135 e. The van der Waals surface area contributed by atoms with Gasteiger partial charge in [0.25, 0.3) is 0 Å². The lowest BCUT2D eigenvalue weighted by molar-refractivity contribution is 0.574. The minimum absolute atomic E-state index is 0.0165. The third-order valence-corrected chi connectivity index (χ3v) is 3.62. The van der Waals surface area contributed by atoms with E-state index >= 15 is 0 Å². The summed E-state index contributed by atoms with van der Waals surface area (Å²) in [6, 6.07) is 13.6. The zero-order valence-corrected chi connectivity index (χ0v) is 11.5. The summed E-state index contributed by atoms with van der Waals surface area (Å²) in [5.74, 6) is -1.14. The van der Waals surface area contributed by atoms with Gasteiger partial charge in [0.05, 0.1) is 11.3 Å². The number of rotatable bonds is 2. The van der Waals surface area contributed by atoms with E-state index in [1.54, 1.807) is 0 Å². The molecule has 0 saturated heterocycles. The lowest BCUT2D eigenvalue weighted by Crippen LogP contribution is -2.19. The number of nitrogens with one attached hydrogen (secondary N) is 1. The van der Waals surface area contributed by atoms with Crippen LogP contribution in [0.5, 0.6) is 0 Å². The average molecular weight is 283 g/mol. The van der Waals surface area contributed by atoms with Gasteiger partial charge in [-0.1, -0.05) is 43.0 Å². The van der Waals surface area contributed by atoms with Crippen LogP contribution >= 0.6 is 0 Å². The Morgan fingerprint density at radius 3 is 2.19 bits per heavy atom. The fraction of sp³-hybridized carbons (Fsp3) is 0.111. The Morgan fingerprint density at radius 1 is 0.857 bits per heavy atom. The summed E-state index contributed by atoms with van der Waals surface area (Å²) in [6.45, 7) is 3.89. The molecule has 3 heteroatoms. The molecule has 0 radical (unpaired) electrons. The Balaban J connectivity index is 2.23. The largest absolute Gasteiger partial charge is 0.359 e. The molecular weight excluding hydrogens is 268 g/mol. The van der Waals surface area contributed by atoms with Crippen molar-refractivity contribution in [3.63, 3.8) is 0 Å². The van der Waals surface area contributed by atoms with Crippen LogP contribution in [0.4, 0.5) is 8.78 Å². The second kappa shape index (κ2) is 5.52. The molecular formula is C18H15F2N. The number of hydrogen-bond donors (Lipinski definition) is 1. The van der Waals surface area contributed by atoms with Crippen molar-refractivity contribution in [3.05, 3.63) is 83.6 Å². The first-order valence-corrected chi connectivity index (χ1v) is 6.84. The molecule has 0 aliphatic carbocycles. The molecule has 1 nitrogen and oxygen atoms in total. The molecule has 1 aliphatic heterocycles. The normalized spacial score (nSPS) is 15.0. The fourth-order valence-electron chi connectivity index (χ4n) is 2.59. The smallest absolute Gasteiger partial charge is 0.135 e. The highest BCUT2D eigenvalue weighted by Crippen LogP contribution is 2.35. The van der Waals surface area contributed by atoms with Crippen molar-refractivity contribution < 1.29 is 8.78 Å². The van der Waals surface area contributed by atoms with Crippen molar-refractivity contribution >= 4 is 11.3 Å². The zero-order chi connectivity index (χ0) is 14.8. The summed E-state index contributed by atoms with van der Waals surface area (Å²) >= 11 is 0. The van der Waals surface area contributed by atoms with Crippen LogP contribution in [0.2, 0.25) is 0 Å². The minimum Gasteiger partial charge on any atom is -0.359 e. The van der Waals surface area contributed by atoms with E-state index in [1.165, 1.54) is 18.2 Å². The number of hydrogen-bond acceptors (Lipinski definition) is 1. The van der Waals surface area contributed by atoms with Gasteiger partial charge in [-0.2, -0.15) is 0 Å². The van der Waals surface area contributed by atoms with Crippen LogP contribution in [-0.2, 0) is 0 Å². The molecule has 0 fully saturated rings. The molecule has 1 N–H and O–H groups in total. The molecule has 1 heterocycles. The van der Waals surface area contributed by atoms with Gasteiger partial charge in [-0.25, -0.2) is 8.78 Å². The molecule has 0 atom stereocenters. The predicted octanol–water partition coefficient (Wildman–Crippen LogP) is 4.73. The average Bonchev–Trinajstić information content (AvgIpc) is 2.48. The Hall–Kier alpha value is -2.42. The van der Waals surface area contributed by atoms with E-state index < -0.39 is 11.6 Å². The topological polar surface area (TPSA) is 12.0 Å². The van der Waals surface area contributed by atoms with Gasteiger partial charge in [0, 0.05) is 5.70 Å². The lowest BCUT2D eigenvalue weighted by Gasteiger charge is -2.25. The molecule has 3 rings (SSSR count). The van der Waals surface area contributed by atoms with E-state index in [-0.39, 0.29) is 5.56 Å². The van der Waals surface area contributed by atoms with Crippen molar-refractivity contribution in [2.24, 2.45) is 0 Å². The Bertz CT molecular complexity index is 697. The van der Waals surface area contributed by atoms with E-state index in [4.69, 9.17) is 0 Å². The van der Waals surface area contributed by atoms with Crippen LogP contribution in [0.3, 0.4) is 0 Å². The lowest BCUT2D eigenvalue weighted by atomic mass is 9.91. The van der Waals surface area contributed by atoms with E-state index in [0.717, 1.165) is 23.3 Å². The molecule has 0 saturated carbocycles. The third kappa shape index (κ3) is 2.59. The first-order chi connectivity index (χ1) is 10.2. The van der Waals surface area contributed by atoms with E-state index in [0.29, 0.717) is 12.1 Å². The maximum absolute atomic E-state index is 14.1. The summed E-state index contributed by atoms with van der Waals surface area (Å²) in [6.07, 6.45) is 1.46. The highest BCUT2D eigenvalue weighted by atomic mass is 19.1. The monoisotopic (exact) mass is 283 g/mol. The summed E-state index contributed by atoms with van der Waals surface area (Å²) in [5, 5.41) is 3.07. The minimum atomic E-state index is -0.569. The summed E-state index contributed by atoms with van der Waals surface area (Å²) in [7, 11) is 0. The van der Waals surface area contributed by atoms with Gasteiger partial charge in [0.1, 0.15) is 11.6 Å². The SMILES string of the molecule is C=C1CCC(c2ccccc2)=C(c2c(F)cccc2F)N1. The highest BCUT2D eigenvalue weighted by Gasteiger charge is 2.22. The first kappa shape index (κ1) is 13.6. The van der Waals surface area contributed by atoms with E-state index in [2.05, 4.69) is 11.9 Å². The quantitative estimate of drug-likeness (QED) is 0.840. The van der Waals surface area contributed by atoms with Crippen LogP contribution < -0.4 is 5.32 Å². The zero-order valence-electron chi connectivity index (χ0n) is 11.5. The molecule has 0 bridgehead atoms.